The van der Waals surface area contributed by atoms with Crippen LogP contribution in [0, 0.1) is 5.92 Å². The first-order valence-corrected chi connectivity index (χ1v) is 7.19. The highest BCUT2D eigenvalue weighted by Crippen LogP contribution is 2.26. The number of para-hydroxylation sites is 1. The van der Waals surface area contributed by atoms with Gasteiger partial charge in [-0.2, -0.15) is 0 Å². The molecule has 0 radical (unpaired) electrons. The zero-order valence-corrected chi connectivity index (χ0v) is 12.1. The maximum atomic E-state index is 12.0. The Bertz CT molecular complexity index is 636. The lowest BCUT2D eigenvalue weighted by atomic mass is 9.97. The van der Waals surface area contributed by atoms with Crippen molar-refractivity contribution in [3.8, 4) is 5.75 Å². The lowest BCUT2D eigenvalue weighted by Crippen LogP contribution is -2.30. The minimum Gasteiger partial charge on any atom is -0.493 e. The van der Waals surface area contributed by atoms with Crippen molar-refractivity contribution in [2.75, 3.05) is 13.2 Å². The van der Waals surface area contributed by atoms with Gasteiger partial charge in [0.15, 0.2) is 0 Å². The molecule has 1 aliphatic heterocycles. The predicted molar refractivity (Wildman–Crippen MR) is 79.3 cm³/mol. The van der Waals surface area contributed by atoms with Gasteiger partial charge in [0.1, 0.15) is 11.4 Å². The summed E-state index contributed by atoms with van der Waals surface area (Å²) in [5.41, 5.74) is 1.68. The van der Waals surface area contributed by atoms with Crippen LogP contribution in [0.2, 0.25) is 0 Å². The van der Waals surface area contributed by atoms with Gasteiger partial charge in [-0.1, -0.05) is 18.2 Å². The first-order valence-electron chi connectivity index (χ1n) is 7.19. The number of hydrogen-bond donors (Lipinski definition) is 1. The summed E-state index contributed by atoms with van der Waals surface area (Å²) >= 11 is 0. The van der Waals surface area contributed by atoms with Gasteiger partial charge in [-0.15, -0.1) is 0 Å². The van der Waals surface area contributed by atoms with Crippen LogP contribution >= 0.6 is 0 Å². The number of aromatic nitrogens is 2. The van der Waals surface area contributed by atoms with E-state index in [2.05, 4.69) is 16.4 Å². The first kappa shape index (κ1) is 13.7. The summed E-state index contributed by atoms with van der Waals surface area (Å²) in [5.74, 6) is 1.24. The number of rotatable bonds is 3. The molecule has 0 bridgehead atoms. The summed E-state index contributed by atoms with van der Waals surface area (Å²) in [7, 11) is 1.85. The van der Waals surface area contributed by atoms with Gasteiger partial charge >= 0.3 is 0 Å². The lowest BCUT2D eigenvalue weighted by molar-refractivity contribution is 0.0941. The van der Waals surface area contributed by atoms with E-state index in [4.69, 9.17) is 4.74 Å². The van der Waals surface area contributed by atoms with Crippen molar-refractivity contribution in [1.82, 2.24) is 14.9 Å². The fourth-order valence-electron chi connectivity index (χ4n) is 2.59. The fraction of sp³-hybridized carbons (Fsp3) is 0.375. The molecule has 2 heterocycles. The SMILES string of the molecule is Cn1cnc(C(=O)NC[C@@H]2CCOc3ccccc3C2)c1. The van der Waals surface area contributed by atoms with Crippen LogP contribution in [-0.2, 0) is 13.5 Å². The summed E-state index contributed by atoms with van der Waals surface area (Å²) in [6.45, 7) is 1.34. The Morgan fingerprint density at radius 1 is 1.48 bits per heavy atom. The smallest absolute Gasteiger partial charge is 0.271 e. The van der Waals surface area contributed by atoms with Crippen LogP contribution in [0.25, 0.3) is 0 Å². The highest BCUT2D eigenvalue weighted by molar-refractivity contribution is 5.91. The van der Waals surface area contributed by atoms with Crippen LogP contribution in [-0.4, -0.2) is 28.6 Å². The summed E-state index contributed by atoms with van der Waals surface area (Å²) in [5, 5.41) is 2.97. The lowest BCUT2D eigenvalue weighted by Gasteiger charge is -2.14. The first-order chi connectivity index (χ1) is 10.2. The summed E-state index contributed by atoms with van der Waals surface area (Å²) in [4.78, 5) is 16.1. The van der Waals surface area contributed by atoms with E-state index in [9.17, 15) is 4.79 Å². The second-order valence-corrected chi connectivity index (χ2v) is 5.45. The number of fused-ring (bicyclic) bond motifs is 1. The summed E-state index contributed by atoms with van der Waals surface area (Å²) < 4.78 is 7.51. The molecule has 1 amide bonds. The molecule has 21 heavy (non-hydrogen) atoms. The predicted octanol–water partition coefficient (Wildman–Crippen LogP) is 1.79. The molecule has 110 valence electrons. The second-order valence-electron chi connectivity index (χ2n) is 5.45. The van der Waals surface area contributed by atoms with E-state index in [1.54, 1.807) is 17.1 Å². The molecule has 1 N–H and O–H groups in total. The molecule has 0 fully saturated rings. The topological polar surface area (TPSA) is 56.2 Å². The minimum absolute atomic E-state index is 0.117. The fourth-order valence-corrected chi connectivity index (χ4v) is 2.59. The van der Waals surface area contributed by atoms with E-state index in [1.807, 2.05) is 25.2 Å². The molecule has 1 aliphatic rings. The summed E-state index contributed by atoms with van der Waals surface area (Å²) in [6, 6.07) is 8.11. The number of nitrogens with one attached hydrogen (secondary N) is 1. The number of carbonyl (C=O) groups excluding carboxylic acids is 1. The molecule has 3 rings (SSSR count). The Labute approximate surface area is 124 Å². The zero-order valence-electron chi connectivity index (χ0n) is 12.1. The third-order valence-corrected chi connectivity index (χ3v) is 3.75. The highest BCUT2D eigenvalue weighted by atomic mass is 16.5. The third kappa shape index (κ3) is 3.24. The van der Waals surface area contributed by atoms with Gasteiger partial charge in [-0.05, 0) is 30.4 Å². The summed E-state index contributed by atoms with van der Waals surface area (Å²) in [6.07, 6.45) is 5.22. The normalized spacial score (nSPS) is 17.5. The van der Waals surface area contributed by atoms with Gasteiger partial charge in [-0.3, -0.25) is 4.79 Å². The van der Waals surface area contributed by atoms with Gasteiger partial charge in [0.25, 0.3) is 5.91 Å². The number of aryl methyl sites for hydroxylation is 1. The van der Waals surface area contributed by atoms with Crippen LogP contribution in [0.1, 0.15) is 22.5 Å². The number of benzene rings is 1. The maximum absolute atomic E-state index is 12.0. The molecule has 0 unspecified atom stereocenters. The van der Waals surface area contributed by atoms with E-state index in [0.29, 0.717) is 24.8 Å². The largest absolute Gasteiger partial charge is 0.493 e. The number of nitrogens with zero attached hydrogens (tertiary/aromatic N) is 2. The van der Waals surface area contributed by atoms with Crippen LogP contribution in [0.5, 0.6) is 5.75 Å². The zero-order chi connectivity index (χ0) is 14.7. The molecule has 0 saturated carbocycles. The maximum Gasteiger partial charge on any atom is 0.271 e. The molecule has 0 spiro atoms. The van der Waals surface area contributed by atoms with E-state index < -0.39 is 0 Å². The van der Waals surface area contributed by atoms with E-state index in [1.165, 1.54) is 5.56 Å². The van der Waals surface area contributed by atoms with E-state index in [-0.39, 0.29) is 5.91 Å². The molecule has 5 nitrogen and oxygen atoms in total. The highest BCUT2D eigenvalue weighted by Gasteiger charge is 2.18. The third-order valence-electron chi connectivity index (χ3n) is 3.75. The average Bonchev–Trinajstić information content (AvgIpc) is 2.82. The van der Waals surface area contributed by atoms with Crippen LogP contribution in [0.4, 0.5) is 0 Å². The van der Waals surface area contributed by atoms with Crippen molar-refractivity contribution < 1.29 is 9.53 Å². The van der Waals surface area contributed by atoms with Crippen LogP contribution in [0.3, 0.4) is 0 Å². The molecule has 0 aliphatic carbocycles. The molecule has 0 saturated heterocycles. The molecule has 2 aromatic rings. The van der Waals surface area contributed by atoms with Crippen molar-refractivity contribution in [2.45, 2.75) is 12.8 Å². The number of ether oxygens (including phenoxy) is 1. The number of amides is 1. The van der Waals surface area contributed by atoms with Crippen molar-refractivity contribution in [3.63, 3.8) is 0 Å². The van der Waals surface area contributed by atoms with Gasteiger partial charge in [0.2, 0.25) is 0 Å². The molecule has 1 atom stereocenters. The Hall–Kier alpha value is -2.30. The van der Waals surface area contributed by atoms with Crippen molar-refractivity contribution in [1.29, 1.82) is 0 Å². The van der Waals surface area contributed by atoms with E-state index in [0.717, 1.165) is 18.6 Å². The Morgan fingerprint density at radius 2 is 2.33 bits per heavy atom. The Kier molecular flexibility index (Phi) is 3.90. The standard InChI is InChI=1S/C16H19N3O2/c1-19-10-14(18-11-19)16(20)17-9-12-6-7-21-15-5-3-2-4-13(15)8-12/h2-5,10-12H,6-9H2,1H3,(H,17,20)/t12-/m1/s1. The van der Waals surface area contributed by atoms with Crippen LogP contribution < -0.4 is 10.1 Å². The van der Waals surface area contributed by atoms with Crippen molar-refractivity contribution in [2.24, 2.45) is 13.0 Å². The van der Waals surface area contributed by atoms with Gasteiger partial charge < -0.3 is 14.6 Å². The number of hydrogen-bond acceptors (Lipinski definition) is 3. The molecular weight excluding hydrogens is 266 g/mol. The molecule has 5 heteroatoms. The monoisotopic (exact) mass is 285 g/mol. The van der Waals surface area contributed by atoms with Crippen LogP contribution in [0.15, 0.2) is 36.8 Å². The Balaban J connectivity index is 1.60. The quantitative estimate of drug-likeness (QED) is 0.935. The molecular formula is C16H19N3O2. The van der Waals surface area contributed by atoms with Gasteiger partial charge in [0, 0.05) is 19.8 Å². The van der Waals surface area contributed by atoms with Gasteiger partial charge in [0.05, 0.1) is 12.9 Å². The minimum atomic E-state index is -0.117. The van der Waals surface area contributed by atoms with Crippen molar-refractivity contribution in [3.05, 3.63) is 48.0 Å². The van der Waals surface area contributed by atoms with Crippen molar-refractivity contribution >= 4 is 5.91 Å². The molecule has 1 aromatic carbocycles. The number of carbonyl (C=O) groups is 1. The Morgan fingerprint density at radius 3 is 3.14 bits per heavy atom. The molecule has 1 aromatic heterocycles. The average molecular weight is 285 g/mol. The number of imidazole rings is 1. The van der Waals surface area contributed by atoms with Gasteiger partial charge in [-0.25, -0.2) is 4.98 Å². The second kappa shape index (κ2) is 5.99. The van der Waals surface area contributed by atoms with E-state index >= 15 is 0 Å².